The van der Waals surface area contributed by atoms with Crippen LogP contribution in [-0.2, 0) is 4.79 Å². The molecule has 0 radical (unpaired) electrons. The van der Waals surface area contributed by atoms with Crippen LogP contribution in [0.4, 0.5) is 0 Å². The third kappa shape index (κ3) is 134. The van der Waals surface area contributed by atoms with Crippen molar-refractivity contribution in [3.63, 3.8) is 0 Å². The first kappa shape index (κ1) is 11.1. The fraction of sp³-hybridized carbons (Fsp3) is 0.571. The number of carbonyl (C=O) groups excluding carboxylic acids is 1. The van der Waals surface area contributed by atoms with Crippen LogP contribution >= 0.6 is 0 Å². The number of rotatable bonds is 2. The Kier molecular flexibility index (Phi) is 12.6. The normalized spacial score (nSPS) is 6.89. The van der Waals surface area contributed by atoms with Crippen LogP contribution < -0.4 is 5.73 Å². The van der Waals surface area contributed by atoms with E-state index in [0.717, 1.165) is 12.7 Å². The van der Waals surface area contributed by atoms with E-state index in [1.807, 2.05) is 6.92 Å². The molecule has 0 aliphatic heterocycles. The van der Waals surface area contributed by atoms with Gasteiger partial charge in [0, 0.05) is 6.42 Å². The van der Waals surface area contributed by atoms with E-state index in [1.165, 1.54) is 0 Å². The number of aldehydes is 1. The van der Waals surface area contributed by atoms with Crippen LogP contribution in [0.5, 0.6) is 0 Å². The second kappa shape index (κ2) is 10.2. The lowest BCUT2D eigenvalue weighted by atomic mass is 10.4. The third-order valence-electron chi connectivity index (χ3n) is 0.407. The van der Waals surface area contributed by atoms with Crippen LogP contribution in [0.1, 0.15) is 26.7 Å². The summed E-state index contributed by atoms with van der Waals surface area (Å²) in [5, 5.41) is 0. The van der Waals surface area contributed by atoms with Gasteiger partial charge >= 0.3 is 0 Å². The molecule has 2 heteroatoms. The minimum absolute atomic E-state index is 0.667. The molecule has 0 saturated heterocycles. The molecular weight excluding hydrogens is 114 g/mol. The van der Waals surface area contributed by atoms with Crippen molar-refractivity contribution in [1.29, 1.82) is 0 Å². The standard InChI is InChI=1S/C4H8O.C3H7N/c1-2-3-4-5;1-3(2)4/h4H,2-3H2,1H3;1,4H2,2H3. The molecule has 54 valence electrons. The number of hydrogen-bond acceptors (Lipinski definition) is 2. The molecule has 0 aromatic carbocycles. The summed E-state index contributed by atoms with van der Waals surface area (Å²) >= 11 is 0. The zero-order chi connectivity index (χ0) is 7.70. The predicted octanol–water partition coefficient (Wildman–Crippen LogP) is 1.46. The maximum Gasteiger partial charge on any atom is 0.119 e. The summed E-state index contributed by atoms with van der Waals surface area (Å²) in [6.07, 6.45) is 2.61. The molecule has 0 aromatic rings. The third-order valence-corrected chi connectivity index (χ3v) is 0.407. The van der Waals surface area contributed by atoms with E-state index in [4.69, 9.17) is 5.73 Å². The van der Waals surface area contributed by atoms with Crippen LogP contribution in [0.15, 0.2) is 12.3 Å². The maximum atomic E-state index is 9.40. The van der Waals surface area contributed by atoms with E-state index >= 15 is 0 Å². The Morgan fingerprint density at radius 2 is 2.11 bits per heavy atom. The number of carbonyl (C=O) groups is 1. The van der Waals surface area contributed by atoms with Crippen molar-refractivity contribution in [3.8, 4) is 0 Å². The molecule has 0 bridgehead atoms. The molecule has 9 heavy (non-hydrogen) atoms. The average molecular weight is 129 g/mol. The van der Waals surface area contributed by atoms with Crippen LogP contribution in [0, 0.1) is 0 Å². The van der Waals surface area contributed by atoms with E-state index in [-0.39, 0.29) is 0 Å². The molecule has 0 amide bonds. The van der Waals surface area contributed by atoms with Gasteiger partial charge in [-0.2, -0.15) is 0 Å². The first-order valence-electron chi connectivity index (χ1n) is 2.99. The summed E-state index contributed by atoms with van der Waals surface area (Å²) < 4.78 is 0. The molecule has 0 heterocycles. The van der Waals surface area contributed by atoms with Crippen molar-refractivity contribution in [2.24, 2.45) is 5.73 Å². The minimum atomic E-state index is 0.667. The fourth-order valence-electron chi connectivity index (χ4n) is 0.118. The van der Waals surface area contributed by atoms with Gasteiger partial charge in [-0.05, 0) is 19.0 Å². The number of hydrogen-bond donors (Lipinski definition) is 1. The van der Waals surface area contributed by atoms with Crippen LogP contribution in [0.25, 0.3) is 0 Å². The van der Waals surface area contributed by atoms with Gasteiger partial charge in [0.15, 0.2) is 0 Å². The highest BCUT2D eigenvalue weighted by molar-refractivity contribution is 5.48. The second-order valence-electron chi connectivity index (χ2n) is 1.80. The Morgan fingerprint density at radius 3 is 2.11 bits per heavy atom. The Balaban J connectivity index is 0. The van der Waals surface area contributed by atoms with Crippen LogP contribution in [0.3, 0.4) is 0 Å². The van der Waals surface area contributed by atoms with Gasteiger partial charge in [-0.3, -0.25) is 0 Å². The highest BCUT2D eigenvalue weighted by atomic mass is 16.1. The molecule has 0 atom stereocenters. The van der Waals surface area contributed by atoms with Crippen molar-refractivity contribution in [1.82, 2.24) is 0 Å². The first-order valence-corrected chi connectivity index (χ1v) is 2.99. The lowest BCUT2D eigenvalue weighted by Crippen LogP contribution is -1.83. The van der Waals surface area contributed by atoms with Crippen molar-refractivity contribution >= 4 is 6.29 Å². The lowest BCUT2D eigenvalue weighted by molar-refractivity contribution is -0.107. The van der Waals surface area contributed by atoms with E-state index in [2.05, 4.69) is 6.58 Å². The SMILES string of the molecule is C=C(C)N.CCCC=O. The fourth-order valence-corrected chi connectivity index (χ4v) is 0.118. The summed E-state index contributed by atoms with van der Waals surface area (Å²) in [7, 11) is 0. The molecule has 0 spiro atoms. The summed E-state index contributed by atoms with van der Waals surface area (Å²) in [5.41, 5.74) is 5.58. The smallest absolute Gasteiger partial charge is 0.119 e. The summed E-state index contributed by atoms with van der Waals surface area (Å²) in [6.45, 7) is 7.06. The van der Waals surface area contributed by atoms with Gasteiger partial charge in [-0.25, -0.2) is 0 Å². The minimum Gasteiger partial charge on any atom is -0.403 e. The molecule has 0 unspecified atom stereocenters. The Morgan fingerprint density at radius 1 is 1.78 bits per heavy atom. The maximum absolute atomic E-state index is 9.40. The van der Waals surface area contributed by atoms with Gasteiger partial charge in [0.25, 0.3) is 0 Å². The van der Waals surface area contributed by atoms with Crippen LogP contribution in [0.2, 0.25) is 0 Å². The van der Waals surface area contributed by atoms with Gasteiger partial charge in [0.05, 0.1) is 0 Å². The molecule has 0 aliphatic rings. The highest BCUT2D eigenvalue weighted by Gasteiger charge is 1.66. The molecule has 0 saturated carbocycles. The Hall–Kier alpha value is -0.790. The molecule has 0 fully saturated rings. The molecule has 0 aliphatic carbocycles. The van der Waals surface area contributed by atoms with Gasteiger partial charge in [-0.1, -0.05) is 13.5 Å². The van der Waals surface area contributed by atoms with Gasteiger partial charge in [0.1, 0.15) is 6.29 Å². The quantitative estimate of drug-likeness (QED) is 0.573. The predicted molar refractivity (Wildman–Crippen MR) is 40.0 cm³/mol. The number of nitrogens with two attached hydrogens (primary N) is 1. The van der Waals surface area contributed by atoms with E-state index in [1.54, 1.807) is 6.92 Å². The summed E-state index contributed by atoms with van der Waals surface area (Å²) in [6, 6.07) is 0. The molecule has 0 rings (SSSR count). The number of allylic oxidation sites excluding steroid dienone is 1. The van der Waals surface area contributed by atoms with Crippen molar-refractivity contribution in [3.05, 3.63) is 12.3 Å². The van der Waals surface area contributed by atoms with E-state index in [9.17, 15) is 4.79 Å². The lowest BCUT2D eigenvalue weighted by Gasteiger charge is -1.69. The Labute approximate surface area is 56.7 Å². The molecule has 2 N–H and O–H groups in total. The number of unbranched alkanes of at least 4 members (excludes halogenated alkanes) is 1. The monoisotopic (exact) mass is 129 g/mol. The molecular formula is C7H15NO. The largest absolute Gasteiger partial charge is 0.403 e. The van der Waals surface area contributed by atoms with E-state index in [0.29, 0.717) is 12.1 Å². The van der Waals surface area contributed by atoms with Gasteiger partial charge in [-0.15, -0.1) is 0 Å². The Bertz CT molecular complexity index is 75.0. The topological polar surface area (TPSA) is 43.1 Å². The summed E-state index contributed by atoms with van der Waals surface area (Å²) in [4.78, 5) is 9.40. The van der Waals surface area contributed by atoms with Crippen molar-refractivity contribution in [2.75, 3.05) is 0 Å². The van der Waals surface area contributed by atoms with E-state index < -0.39 is 0 Å². The highest BCUT2D eigenvalue weighted by Crippen LogP contribution is 1.74. The summed E-state index contributed by atoms with van der Waals surface area (Å²) in [5.74, 6) is 0. The van der Waals surface area contributed by atoms with Crippen LogP contribution in [-0.4, -0.2) is 6.29 Å². The zero-order valence-electron chi connectivity index (χ0n) is 6.18. The van der Waals surface area contributed by atoms with Crippen molar-refractivity contribution in [2.45, 2.75) is 26.7 Å². The second-order valence-corrected chi connectivity index (χ2v) is 1.80. The average Bonchev–Trinajstić information content (AvgIpc) is 1.66. The van der Waals surface area contributed by atoms with Gasteiger partial charge in [0.2, 0.25) is 0 Å². The zero-order valence-corrected chi connectivity index (χ0v) is 6.18. The first-order chi connectivity index (χ1) is 4.15. The van der Waals surface area contributed by atoms with Crippen molar-refractivity contribution < 1.29 is 4.79 Å². The van der Waals surface area contributed by atoms with Gasteiger partial charge < -0.3 is 10.5 Å². The molecule has 0 aromatic heterocycles. The molecule has 2 nitrogen and oxygen atoms in total.